The minimum atomic E-state index is 0.0704. The Morgan fingerprint density at radius 1 is 1.12 bits per heavy atom. The highest BCUT2D eigenvalue weighted by Crippen LogP contribution is 2.64. The van der Waals surface area contributed by atoms with Gasteiger partial charge in [-0.3, -0.25) is 5.10 Å². The molecule has 4 aliphatic carbocycles. The van der Waals surface area contributed by atoms with Crippen molar-refractivity contribution >= 4 is 0 Å². The van der Waals surface area contributed by atoms with Crippen LogP contribution >= 0.6 is 0 Å². The van der Waals surface area contributed by atoms with E-state index in [1.54, 1.807) is 5.57 Å². The molecule has 2 saturated carbocycles. The molecule has 1 aromatic rings. The minimum absolute atomic E-state index is 0.0704. The number of hydrogen-bond acceptors (Lipinski definition) is 3. The second-order valence-corrected chi connectivity index (χ2v) is 13.4. The maximum absolute atomic E-state index is 7.06. The van der Waals surface area contributed by atoms with Crippen LogP contribution in [-0.4, -0.2) is 34.5 Å². The number of ether oxygens (including phenoxy) is 1. The molecular weight excluding hydrogens is 406 g/mol. The topological polar surface area (TPSA) is 49.9 Å². The van der Waals surface area contributed by atoms with Crippen molar-refractivity contribution in [1.82, 2.24) is 15.5 Å². The van der Waals surface area contributed by atoms with Crippen LogP contribution in [0.15, 0.2) is 17.3 Å². The molecule has 2 saturated heterocycles. The molecule has 0 bridgehead atoms. The molecule has 1 aromatic heterocycles. The van der Waals surface area contributed by atoms with Gasteiger partial charge in [-0.05, 0) is 112 Å². The third-order valence-corrected chi connectivity index (χ3v) is 11.9. The number of aromatic nitrogens is 2. The number of hydrogen-bond donors (Lipinski definition) is 2. The first-order valence-electron chi connectivity index (χ1n) is 14.0. The van der Waals surface area contributed by atoms with Crippen molar-refractivity contribution in [2.75, 3.05) is 6.54 Å². The molecule has 6 aliphatic rings. The first-order chi connectivity index (χ1) is 15.9. The molecule has 0 amide bonds. The normalized spacial score (nSPS) is 50.9. The molecule has 0 unspecified atom stereocenters. The van der Waals surface area contributed by atoms with Gasteiger partial charge in [-0.25, -0.2) is 0 Å². The van der Waals surface area contributed by atoms with Gasteiger partial charge in [0.25, 0.3) is 0 Å². The fourth-order valence-electron chi connectivity index (χ4n) is 10.0. The summed E-state index contributed by atoms with van der Waals surface area (Å²) in [5, 5.41) is 11.6. The van der Waals surface area contributed by atoms with Crippen molar-refractivity contribution in [2.24, 2.45) is 40.9 Å². The number of fused-ring (bicyclic) bond motifs is 7. The summed E-state index contributed by atoms with van der Waals surface area (Å²) >= 11 is 0. The Morgan fingerprint density at radius 3 is 2.88 bits per heavy atom. The summed E-state index contributed by atoms with van der Waals surface area (Å²) in [4.78, 5) is 0. The molecule has 0 aromatic carbocycles. The van der Waals surface area contributed by atoms with E-state index >= 15 is 0 Å². The Labute approximate surface area is 199 Å². The first-order valence-corrected chi connectivity index (χ1v) is 14.0. The van der Waals surface area contributed by atoms with E-state index in [1.807, 2.05) is 5.57 Å². The molecule has 10 atom stereocenters. The molecule has 33 heavy (non-hydrogen) atoms. The van der Waals surface area contributed by atoms with Crippen LogP contribution in [0.3, 0.4) is 0 Å². The van der Waals surface area contributed by atoms with Crippen molar-refractivity contribution in [1.29, 1.82) is 0 Å². The molecule has 0 radical (unpaired) electrons. The second kappa shape index (κ2) is 7.20. The Kier molecular flexibility index (Phi) is 4.62. The number of allylic oxidation sites excluding steroid dienone is 1. The summed E-state index contributed by atoms with van der Waals surface area (Å²) in [5.74, 6) is 4.73. The van der Waals surface area contributed by atoms with Crippen LogP contribution in [0.1, 0.15) is 83.9 Å². The number of nitrogens with zero attached hydrogens (tertiary/aromatic N) is 1. The molecule has 1 spiro atoms. The maximum atomic E-state index is 7.06. The van der Waals surface area contributed by atoms with Crippen molar-refractivity contribution < 1.29 is 4.74 Å². The lowest BCUT2D eigenvalue weighted by Gasteiger charge is -2.52. The van der Waals surface area contributed by atoms with Gasteiger partial charge >= 0.3 is 0 Å². The third-order valence-electron chi connectivity index (χ3n) is 11.9. The van der Waals surface area contributed by atoms with Crippen LogP contribution in [0.25, 0.3) is 0 Å². The third kappa shape index (κ3) is 2.92. The van der Waals surface area contributed by atoms with E-state index in [9.17, 15) is 0 Å². The number of rotatable bonds is 0. The number of nitrogens with one attached hydrogen (secondary N) is 2. The van der Waals surface area contributed by atoms with Gasteiger partial charge in [-0.2, -0.15) is 5.10 Å². The van der Waals surface area contributed by atoms with Gasteiger partial charge in [0.1, 0.15) is 0 Å². The van der Waals surface area contributed by atoms with Crippen molar-refractivity contribution in [3.63, 3.8) is 0 Å². The van der Waals surface area contributed by atoms with Crippen LogP contribution < -0.4 is 5.32 Å². The predicted octanol–water partition coefficient (Wildman–Crippen LogP) is 5.45. The summed E-state index contributed by atoms with van der Waals surface area (Å²) in [7, 11) is 0. The van der Waals surface area contributed by atoms with Crippen LogP contribution in [0.5, 0.6) is 0 Å². The summed E-state index contributed by atoms with van der Waals surface area (Å²) in [5.41, 5.74) is 7.00. The van der Waals surface area contributed by atoms with Crippen molar-refractivity contribution in [3.8, 4) is 0 Å². The molecule has 4 heteroatoms. The number of H-pyrrole nitrogens is 1. The average Bonchev–Trinajstić information content (AvgIpc) is 3.43. The summed E-state index contributed by atoms with van der Waals surface area (Å²) in [6.07, 6.45) is 14.2. The quantitative estimate of drug-likeness (QED) is 0.518. The summed E-state index contributed by atoms with van der Waals surface area (Å²) < 4.78 is 7.06. The second-order valence-electron chi connectivity index (χ2n) is 13.4. The van der Waals surface area contributed by atoms with Gasteiger partial charge in [-0.1, -0.05) is 31.9 Å². The van der Waals surface area contributed by atoms with E-state index in [1.165, 1.54) is 69.0 Å². The van der Waals surface area contributed by atoms with Crippen LogP contribution in [0.4, 0.5) is 0 Å². The molecule has 4 fully saturated rings. The fourth-order valence-corrected chi connectivity index (χ4v) is 10.0. The first kappa shape index (κ1) is 21.2. The highest BCUT2D eigenvalue weighted by Gasteiger charge is 2.59. The molecule has 2 N–H and O–H groups in total. The molecule has 2 aliphatic heterocycles. The lowest BCUT2D eigenvalue weighted by molar-refractivity contribution is -0.0733. The zero-order chi connectivity index (χ0) is 22.5. The molecular formula is C29H43N3O. The van der Waals surface area contributed by atoms with Gasteiger partial charge < -0.3 is 10.1 Å². The molecule has 3 heterocycles. The Morgan fingerprint density at radius 2 is 2.00 bits per heavy atom. The largest absolute Gasteiger partial charge is 0.369 e. The SMILES string of the molecule is CC1=C2C[C@H]3[C@@H](CC[C@@H]4Cc5[nH]ncc5C[C@@]43C)[C@@H]2CC[C@@]2(C1)O[C@@H]1C[C@H](C)CN[C@H]1[C@H]2C. The Bertz CT molecular complexity index is 981. The lowest BCUT2D eigenvalue weighted by Crippen LogP contribution is -2.48. The zero-order valence-corrected chi connectivity index (χ0v) is 21.1. The maximum Gasteiger partial charge on any atom is 0.0765 e. The van der Waals surface area contributed by atoms with Crippen LogP contribution in [0, 0.1) is 40.9 Å². The monoisotopic (exact) mass is 449 g/mol. The lowest BCUT2D eigenvalue weighted by atomic mass is 9.52. The number of aromatic amines is 1. The van der Waals surface area contributed by atoms with Crippen LogP contribution in [0.2, 0.25) is 0 Å². The predicted molar refractivity (Wildman–Crippen MR) is 131 cm³/mol. The molecule has 4 nitrogen and oxygen atoms in total. The average molecular weight is 450 g/mol. The van der Waals surface area contributed by atoms with Gasteiger partial charge in [0.2, 0.25) is 0 Å². The van der Waals surface area contributed by atoms with E-state index in [0.717, 1.165) is 36.1 Å². The molecule has 180 valence electrons. The van der Waals surface area contributed by atoms with Crippen molar-refractivity contribution in [3.05, 3.63) is 28.6 Å². The summed E-state index contributed by atoms with van der Waals surface area (Å²) in [6, 6.07) is 0.561. The molecule has 7 rings (SSSR count). The Balaban J connectivity index is 1.19. The highest BCUT2D eigenvalue weighted by atomic mass is 16.5. The van der Waals surface area contributed by atoms with E-state index < -0.39 is 0 Å². The number of piperidine rings is 1. The van der Waals surface area contributed by atoms with Gasteiger partial charge in [0.15, 0.2) is 0 Å². The summed E-state index contributed by atoms with van der Waals surface area (Å²) in [6.45, 7) is 11.2. The van der Waals surface area contributed by atoms with Crippen LogP contribution in [-0.2, 0) is 17.6 Å². The van der Waals surface area contributed by atoms with E-state index in [0.29, 0.717) is 23.5 Å². The van der Waals surface area contributed by atoms with Gasteiger partial charge in [0, 0.05) is 17.7 Å². The van der Waals surface area contributed by atoms with Crippen molar-refractivity contribution in [2.45, 2.75) is 103 Å². The standard InChI is InChI=1S/C29H43N3O/c1-16-9-26-27(30-14-16)18(3)29(33-26)8-7-21-22-6-5-20-10-25-19(15-31-32-25)13-28(20,4)24(22)11-23(21)17(2)12-29/h15-16,18,20-22,24,26-27,30H,5-14H2,1-4H3,(H,31,32)/t16-,18+,20+,21-,22-,24-,26+,27-,28-,29-/m0/s1. The van der Waals surface area contributed by atoms with Gasteiger partial charge in [0.05, 0.1) is 17.9 Å². The van der Waals surface area contributed by atoms with E-state index in [-0.39, 0.29) is 5.60 Å². The smallest absolute Gasteiger partial charge is 0.0765 e. The fraction of sp³-hybridized carbons (Fsp3) is 0.828. The van der Waals surface area contributed by atoms with E-state index in [4.69, 9.17) is 4.74 Å². The minimum Gasteiger partial charge on any atom is -0.369 e. The van der Waals surface area contributed by atoms with Gasteiger partial charge in [-0.15, -0.1) is 0 Å². The highest BCUT2D eigenvalue weighted by molar-refractivity contribution is 5.32. The Hall–Kier alpha value is -1.13. The zero-order valence-electron chi connectivity index (χ0n) is 21.1. The van der Waals surface area contributed by atoms with E-state index in [2.05, 4.69) is 49.4 Å².